The minimum absolute atomic E-state index is 0.198. The molecule has 0 radical (unpaired) electrons. The summed E-state index contributed by atoms with van der Waals surface area (Å²) < 4.78 is 10.4. The van der Waals surface area contributed by atoms with Crippen LogP contribution >= 0.6 is 0 Å². The normalized spacial score (nSPS) is 19.5. The van der Waals surface area contributed by atoms with Gasteiger partial charge in [-0.2, -0.15) is 0 Å². The molecule has 134 valence electrons. The zero-order chi connectivity index (χ0) is 18.3. The lowest BCUT2D eigenvalue weighted by atomic mass is 10.0. The fourth-order valence-electron chi connectivity index (χ4n) is 3.34. The number of hydrogen-bond acceptors (Lipinski definition) is 6. The Balaban J connectivity index is 1.58. The number of ether oxygens (including phenoxy) is 1. The number of carbonyl (C=O) groups excluding carboxylic acids is 3. The van der Waals surface area contributed by atoms with Gasteiger partial charge in [-0.3, -0.25) is 19.7 Å². The Hall–Kier alpha value is -3.16. The first-order chi connectivity index (χ1) is 12.6. The van der Waals surface area contributed by atoms with E-state index in [0.717, 1.165) is 11.1 Å². The van der Waals surface area contributed by atoms with Crippen molar-refractivity contribution in [2.45, 2.75) is 32.4 Å². The largest absolute Gasteiger partial charge is 0.464 e. The van der Waals surface area contributed by atoms with Gasteiger partial charge in [-0.05, 0) is 31.0 Å². The molecular weight excluding hydrogens is 338 g/mol. The summed E-state index contributed by atoms with van der Waals surface area (Å²) in [7, 11) is 0. The molecule has 1 aromatic carbocycles. The Kier molecular flexibility index (Phi) is 3.95. The van der Waals surface area contributed by atoms with Crippen molar-refractivity contribution in [1.82, 2.24) is 15.4 Å². The van der Waals surface area contributed by atoms with Gasteiger partial charge in [-0.25, -0.2) is 0 Å². The quantitative estimate of drug-likeness (QED) is 0.834. The summed E-state index contributed by atoms with van der Waals surface area (Å²) >= 11 is 0. The van der Waals surface area contributed by atoms with Crippen LogP contribution in [0.3, 0.4) is 0 Å². The van der Waals surface area contributed by atoms with Crippen LogP contribution in [-0.4, -0.2) is 40.4 Å². The monoisotopic (exact) mass is 355 g/mol. The Morgan fingerprint density at radius 3 is 2.92 bits per heavy atom. The van der Waals surface area contributed by atoms with E-state index >= 15 is 0 Å². The smallest absolute Gasteiger partial charge is 0.311 e. The highest BCUT2D eigenvalue weighted by atomic mass is 16.6. The Morgan fingerprint density at radius 2 is 2.15 bits per heavy atom. The van der Waals surface area contributed by atoms with Crippen LogP contribution in [0.4, 0.5) is 0 Å². The van der Waals surface area contributed by atoms with Crippen molar-refractivity contribution < 1.29 is 23.6 Å². The van der Waals surface area contributed by atoms with Gasteiger partial charge < -0.3 is 14.2 Å². The summed E-state index contributed by atoms with van der Waals surface area (Å²) in [5.41, 5.74) is 2.80. The first-order valence-electron chi connectivity index (χ1n) is 8.44. The third-order valence-corrected chi connectivity index (χ3v) is 4.59. The van der Waals surface area contributed by atoms with Gasteiger partial charge in [0.1, 0.15) is 11.7 Å². The summed E-state index contributed by atoms with van der Waals surface area (Å²) in [6.07, 6.45) is 0.583. The van der Waals surface area contributed by atoms with Gasteiger partial charge in [0.05, 0.1) is 12.7 Å². The number of carbonyl (C=O) groups is 3. The minimum atomic E-state index is -0.618. The summed E-state index contributed by atoms with van der Waals surface area (Å²) in [5.74, 6) is -0.574. The number of piperidine rings is 1. The van der Waals surface area contributed by atoms with Gasteiger partial charge in [-0.15, -0.1) is 0 Å². The van der Waals surface area contributed by atoms with Crippen LogP contribution in [0.15, 0.2) is 28.8 Å². The second kappa shape index (κ2) is 6.29. The number of nitrogens with zero attached hydrogens (tertiary/aromatic N) is 2. The van der Waals surface area contributed by atoms with Crippen LogP contribution < -0.4 is 10.1 Å². The predicted octanol–water partition coefficient (Wildman–Crippen LogP) is 1.50. The van der Waals surface area contributed by atoms with Crippen molar-refractivity contribution in [2.75, 3.05) is 6.61 Å². The minimum Gasteiger partial charge on any atom is -0.464 e. The van der Waals surface area contributed by atoms with Crippen molar-refractivity contribution in [2.24, 2.45) is 0 Å². The SMILES string of the molecule is CCOc1cc(-c2ccc3c(c2)CN(C2CCC(=O)NC2=O)C3=O)no1. The van der Waals surface area contributed by atoms with Crippen LogP contribution in [-0.2, 0) is 16.1 Å². The van der Waals surface area contributed by atoms with E-state index in [9.17, 15) is 14.4 Å². The highest BCUT2D eigenvalue weighted by Crippen LogP contribution is 2.31. The molecule has 1 atom stereocenters. The van der Waals surface area contributed by atoms with Crippen molar-refractivity contribution in [3.63, 3.8) is 0 Å². The number of benzene rings is 1. The number of nitrogens with one attached hydrogen (secondary N) is 1. The molecule has 8 heteroatoms. The lowest BCUT2D eigenvalue weighted by molar-refractivity contribution is -0.136. The molecule has 3 heterocycles. The molecule has 0 spiro atoms. The molecule has 3 amide bonds. The number of imide groups is 1. The zero-order valence-corrected chi connectivity index (χ0v) is 14.2. The van der Waals surface area contributed by atoms with Crippen LogP contribution in [0.1, 0.15) is 35.7 Å². The van der Waals surface area contributed by atoms with Gasteiger partial charge in [0, 0.05) is 24.1 Å². The molecule has 1 fully saturated rings. The lowest BCUT2D eigenvalue weighted by Crippen LogP contribution is -2.52. The molecule has 2 aromatic rings. The van der Waals surface area contributed by atoms with E-state index < -0.39 is 11.9 Å². The molecule has 26 heavy (non-hydrogen) atoms. The zero-order valence-electron chi connectivity index (χ0n) is 14.2. The second-order valence-electron chi connectivity index (χ2n) is 6.24. The molecule has 8 nitrogen and oxygen atoms in total. The van der Waals surface area contributed by atoms with Crippen LogP contribution in [0, 0.1) is 0 Å². The molecular formula is C18H17N3O5. The summed E-state index contributed by atoms with van der Waals surface area (Å²) in [6, 6.07) is 6.46. The van der Waals surface area contributed by atoms with E-state index in [-0.39, 0.29) is 18.2 Å². The highest BCUT2D eigenvalue weighted by Gasteiger charge is 2.39. The van der Waals surface area contributed by atoms with Crippen molar-refractivity contribution in [1.29, 1.82) is 0 Å². The van der Waals surface area contributed by atoms with Crippen molar-refractivity contribution >= 4 is 17.7 Å². The number of fused-ring (bicyclic) bond motifs is 1. The number of hydrogen-bond donors (Lipinski definition) is 1. The van der Waals surface area contributed by atoms with E-state index in [4.69, 9.17) is 9.26 Å². The van der Waals surface area contributed by atoms with Crippen LogP contribution in [0.5, 0.6) is 5.95 Å². The summed E-state index contributed by atoms with van der Waals surface area (Å²) in [6.45, 7) is 2.66. The second-order valence-corrected chi connectivity index (χ2v) is 6.24. The maximum atomic E-state index is 12.7. The summed E-state index contributed by atoms with van der Waals surface area (Å²) in [5, 5.41) is 6.28. The van der Waals surface area contributed by atoms with Crippen LogP contribution in [0.2, 0.25) is 0 Å². The lowest BCUT2D eigenvalue weighted by Gasteiger charge is -2.29. The Labute approximate surface area is 149 Å². The highest BCUT2D eigenvalue weighted by molar-refractivity contribution is 6.05. The number of amides is 3. The molecule has 1 aromatic heterocycles. The van der Waals surface area contributed by atoms with E-state index in [1.54, 1.807) is 18.2 Å². The predicted molar refractivity (Wildman–Crippen MR) is 89.2 cm³/mol. The third-order valence-electron chi connectivity index (χ3n) is 4.59. The van der Waals surface area contributed by atoms with Crippen molar-refractivity contribution in [3.8, 4) is 17.2 Å². The molecule has 0 saturated carbocycles. The molecule has 1 unspecified atom stereocenters. The molecule has 1 N–H and O–H groups in total. The maximum Gasteiger partial charge on any atom is 0.311 e. The fraction of sp³-hybridized carbons (Fsp3) is 0.333. The van der Waals surface area contributed by atoms with Gasteiger partial charge in [0.15, 0.2) is 0 Å². The first kappa shape index (κ1) is 16.3. The Morgan fingerprint density at radius 1 is 1.31 bits per heavy atom. The van der Waals surface area contributed by atoms with E-state index in [1.807, 2.05) is 13.0 Å². The van der Waals surface area contributed by atoms with Gasteiger partial charge in [-0.1, -0.05) is 11.2 Å². The average Bonchev–Trinajstić information content (AvgIpc) is 3.20. The molecule has 4 rings (SSSR count). The van der Waals surface area contributed by atoms with Crippen molar-refractivity contribution in [3.05, 3.63) is 35.4 Å². The molecule has 1 saturated heterocycles. The Bertz CT molecular complexity index is 904. The topological polar surface area (TPSA) is 102 Å². The summed E-state index contributed by atoms with van der Waals surface area (Å²) in [4.78, 5) is 37.6. The standard InChI is InChI=1S/C18H17N3O5/c1-2-25-16-8-13(20-26-16)10-3-4-12-11(7-10)9-21(18(12)24)14-5-6-15(22)19-17(14)23/h3-4,7-8,14H,2,5-6,9H2,1H3,(H,19,22,23). The average molecular weight is 355 g/mol. The van der Waals surface area contributed by atoms with E-state index in [2.05, 4.69) is 10.5 Å². The number of aromatic nitrogens is 1. The molecule has 0 bridgehead atoms. The van der Waals surface area contributed by atoms with Crippen LogP contribution in [0.25, 0.3) is 11.3 Å². The van der Waals surface area contributed by atoms with E-state index in [0.29, 0.717) is 36.8 Å². The molecule has 2 aliphatic rings. The third kappa shape index (κ3) is 2.73. The number of rotatable bonds is 4. The van der Waals surface area contributed by atoms with Gasteiger partial charge >= 0.3 is 5.95 Å². The molecule has 0 aliphatic carbocycles. The van der Waals surface area contributed by atoms with Gasteiger partial charge in [0.2, 0.25) is 11.8 Å². The van der Waals surface area contributed by atoms with E-state index in [1.165, 1.54) is 4.90 Å². The van der Waals surface area contributed by atoms with Gasteiger partial charge in [0.25, 0.3) is 5.91 Å². The maximum absolute atomic E-state index is 12.7. The first-order valence-corrected chi connectivity index (χ1v) is 8.44. The molecule has 2 aliphatic heterocycles. The fourth-order valence-corrected chi connectivity index (χ4v) is 3.34.